The number of amides is 1. The summed E-state index contributed by atoms with van der Waals surface area (Å²) in [6.45, 7) is 8.69. The highest BCUT2D eigenvalue weighted by molar-refractivity contribution is 5.90. The first-order chi connectivity index (χ1) is 13.6. The lowest BCUT2D eigenvalue weighted by Crippen LogP contribution is -2.43. The average molecular weight is 385 g/mol. The second-order valence-electron chi connectivity index (χ2n) is 7.67. The second-order valence-corrected chi connectivity index (χ2v) is 7.67. The molecule has 1 aliphatic heterocycles. The van der Waals surface area contributed by atoms with E-state index in [2.05, 4.69) is 27.0 Å². The van der Waals surface area contributed by atoms with Crippen molar-refractivity contribution in [3.63, 3.8) is 0 Å². The van der Waals surface area contributed by atoms with Gasteiger partial charge in [-0.1, -0.05) is 12.1 Å². The number of carbonyl (C=O) groups excluding carboxylic acids is 1. The van der Waals surface area contributed by atoms with Crippen molar-refractivity contribution in [3.8, 4) is 5.75 Å². The zero-order valence-corrected chi connectivity index (χ0v) is 17.3. The van der Waals surface area contributed by atoms with E-state index in [1.165, 1.54) is 18.4 Å². The number of carbonyl (C=O) groups is 1. The zero-order valence-electron chi connectivity index (χ0n) is 17.3. The van der Waals surface area contributed by atoms with Gasteiger partial charge in [-0.05, 0) is 63.3 Å². The van der Waals surface area contributed by atoms with Crippen LogP contribution in [0.25, 0.3) is 0 Å². The third-order valence-electron chi connectivity index (χ3n) is 5.51. The lowest BCUT2D eigenvalue weighted by molar-refractivity contribution is 0.0679. The molecule has 1 aromatic carbocycles. The molecule has 1 aromatic heterocycles. The highest BCUT2D eigenvalue weighted by Crippen LogP contribution is 2.20. The first-order valence-electron chi connectivity index (χ1n) is 10.2. The van der Waals surface area contributed by atoms with Crippen molar-refractivity contribution in [1.82, 2.24) is 19.8 Å². The van der Waals surface area contributed by atoms with Gasteiger partial charge in [0.15, 0.2) is 5.82 Å². The Balaban J connectivity index is 1.52. The predicted molar refractivity (Wildman–Crippen MR) is 111 cm³/mol. The summed E-state index contributed by atoms with van der Waals surface area (Å²) >= 11 is 0. The first kappa shape index (κ1) is 20.4. The van der Waals surface area contributed by atoms with Crippen LogP contribution in [0, 0.1) is 12.8 Å². The molecular formula is C22H32N4O2. The minimum atomic E-state index is 0.00380. The Labute approximate surface area is 167 Å². The van der Waals surface area contributed by atoms with E-state index in [0.717, 1.165) is 44.0 Å². The third-order valence-corrected chi connectivity index (χ3v) is 5.51. The number of ether oxygens (including phenoxy) is 1. The van der Waals surface area contributed by atoms with Crippen LogP contribution in [0.2, 0.25) is 0 Å². The van der Waals surface area contributed by atoms with Gasteiger partial charge in [0.2, 0.25) is 0 Å². The number of methoxy groups -OCH3 is 1. The summed E-state index contributed by atoms with van der Waals surface area (Å²) in [6.07, 6.45) is 5.10. The number of hydrogen-bond acceptors (Lipinski definition) is 4. The van der Waals surface area contributed by atoms with Crippen LogP contribution in [0.5, 0.6) is 5.75 Å². The summed E-state index contributed by atoms with van der Waals surface area (Å²) in [7, 11) is 1.71. The largest absolute Gasteiger partial charge is 0.497 e. The van der Waals surface area contributed by atoms with Crippen molar-refractivity contribution in [2.75, 3.05) is 39.8 Å². The number of rotatable bonds is 8. The van der Waals surface area contributed by atoms with Crippen molar-refractivity contribution in [3.05, 3.63) is 47.5 Å². The van der Waals surface area contributed by atoms with Crippen molar-refractivity contribution in [2.24, 2.45) is 5.92 Å². The Morgan fingerprint density at radius 2 is 2.29 bits per heavy atom. The van der Waals surface area contributed by atoms with Crippen molar-refractivity contribution in [2.45, 2.75) is 33.1 Å². The molecule has 1 aliphatic rings. The maximum absolute atomic E-state index is 12.7. The summed E-state index contributed by atoms with van der Waals surface area (Å²) in [6, 6.07) is 8.31. The molecular weight excluding hydrogens is 352 g/mol. The molecule has 152 valence electrons. The Kier molecular flexibility index (Phi) is 7.09. The molecule has 3 rings (SSSR count). The molecule has 1 atom stereocenters. The quantitative estimate of drug-likeness (QED) is 0.760. The van der Waals surface area contributed by atoms with E-state index in [-0.39, 0.29) is 5.91 Å². The molecule has 0 aliphatic carbocycles. The van der Waals surface area contributed by atoms with Gasteiger partial charge in [0, 0.05) is 38.1 Å². The number of H-pyrrole nitrogens is 1. The maximum atomic E-state index is 12.7. The summed E-state index contributed by atoms with van der Waals surface area (Å²) in [5.74, 6) is 1.88. The number of nitrogens with one attached hydrogen (secondary N) is 1. The molecule has 2 heterocycles. The van der Waals surface area contributed by atoms with E-state index in [1.54, 1.807) is 13.3 Å². The van der Waals surface area contributed by atoms with E-state index >= 15 is 0 Å². The summed E-state index contributed by atoms with van der Waals surface area (Å²) in [5, 5.41) is 0. The molecule has 6 nitrogen and oxygen atoms in total. The van der Waals surface area contributed by atoms with Crippen molar-refractivity contribution in [1.29, 1.82) is 0 Å². The lowest BCUT2D eigenvalue weighted by atomic mass is 9.96. The Hall–Kier alpha value is -2.34. The van der Waals surface area contributed by atoms with Crippen LogP contribution in [-0.4, -0.2) is 65.5 Å². The fourth-order valence-electron chi connectivity index (χ4n) is 3.96. The smallest absolute Gasteiger partial charge is 0.289 e. The molecule has 1 amide bonds. The number of nitrogens with zero attached hydrogens (tertiary/aromatic N) is 3. The van der Waals surface area contributed by atoms with Crippen LogP contribution in [0.3, 0.4) is 0 Å². The highest BCUT2D eigenvalue weighted by atomic mass is 16.5. The first-order valence-corrected chi connectivity index (χ1v) is 10.2. The monoisotopic (exact) mass is 384 g/mol. The number of imidazole rings is 1. The normalized spacial score (nSPS) is 17.5. The lowest BCUT2D eigenvalue weighted by Gasteiger charge is -2.35. The van der Waals surface area contributed by atoms with E-state index in [1.807, 2.05) is 30.9 Å². The number of likely N-dealkylation sites (tertiary alicyclic amines) is 1. The number of aromatic amines is 1. The number of aromatic nitrogens is 2. The summed E-state index contributed by atoms with van der Waals surface area (Å²) in [5.41, 5.74) is 2.22. The van der Waals surface area contributed by atoms with Gasteiger partial charge in [-0.25, -0.2) is 4.98 Å². The summed E-state index contributed by atoms with van der Waals surface area (Å²) < 4.78 is 5.32. The molecule has 0 unspecified atom stereocenters. The van der Waals surface area contributed by atoms with E-state index < -0.39 is 0 Å². The maximum Gasteiger partial charge on any atom is 0.289 e. The van der Waals surface area contributed by atoms with Gasteiger partial charge < -0.3 is 19.5 Å². The molecule has 1 saturated heterocycles. The van der Waals surface area contributed by atoms with Gasteiger partial charge in [0.25, 0.3) is 5.91 Å². The Morgan fingerprint density at radius 3 is 3.00 bits per heavy atom. The van der Waals surface area contributed by atoms with Crippen LogP contribution in [0.1, 0.15) is 41.6 Å². The number of hydrogen-bond donors (Lipinski definition) is 1. The third kappa shape index (κ3) is 5.35. The van der Waals surface area contributed by atoms with Crippen LogP contribution in [0.4, 0.5) is 0 Å². The van der Waals surface area contributed by atoms with Gasteiger partial charge in [-0.2, -0.15) is 0 Å². The molecule has 1 N–H and O–H groups in total. The molecule has 1 fully saturated rings. The molecule has 0 spiro atoms. The molecule has 0 radical (unpaired) electrons. The van der Waals surface area contributed by atoms with Gasteiger partial charge in [0.1, 0.15) is 5.75 Å². The predicted octanol–water partition coefficient (Wildman–Crippen LogP) is 3.14. The Bertz CT molecular complexity index is 773. The second kappa shape index (κ2) is 9.73. The van der Waals surface area contributed by atoms with Crippen LogP contribution in [0.15, 0.2) is 30.5 Å². The minimum absolute atomic E-state index is 0.00380. The molecule has 2 aromatic rings. The number of piperidine rings is 1. The molecule has 0 bridgehead atoms. The minimum Gasteiger partial charge on any atom is -0.497 e. The van der Waals surface area contributed by atoms with Gasteiger partial charge in [0.05, 0.1) is 7.11 Å². The number of aryl methyl sites for hydroxylation is 1. The SMILES string of the molecule is CCN(C[C@H]1CCCN(CCc2cccc(OC)c2)C1)C(=O)c1ncc(C)[nH]1. The van der Waals surface area contributed by atoms with Crippen LogP contribution in [-0.2, 0) is 6.42 Å². The highest BCUT2D eigenvalue weighted by Gasteiger charge is 2.25. The van der Waals surface area contributed by atoms with Crippen molar-refractivity contribution < 1.29 is 9.53 Å². The van der Waals surface area contributed by atoms with Crippen LogP contribution < -0.4 is 4.74 Å². The van der Waals surface area contributed by atoms with Crippen molar-refractivity contribution >= 4 is 5.91 Å². The van der Waals surface area contributed by atoms with Gasteiger partial charge >= 0.3 is 0 Å². The standard InChI is InChI=1S/C22H32N4O2/c1-4-26(22(27)21-23-14-17(2)24-21)16-19-8-6-11-25(15-19)12-10-18-7-5-9-20(13-18)28-3/h5,7,9,13-14,19H,4,6,8,10-12,15-16H2,1-3H3,(H,23,24)/t19-/m0/s1. The van der Waals surface area contributed by atoms with E-state index in [0.29, 0.717) is 18.3 Å². The molecule has 0 saturated carbocycles. The zero-order chi connectivity index (χ0) is 19.9. The molecule has 6 heteroatoms. The fourth-order valence-corrected chi connectivity index (χ4v) is 3.96. The van der Waals surface area contributed by atoms with E-state index in [4.69, 9.17) is 4.74 Å². The van der Waals surface area contributed by atoms with Gasteiger partial charge in [-0.15, -0.1) is 0 Å². The molecule has 28 heavy (non-hydrogen) atoms. The Morgan fingerprint density at radius 1 is 1.43 bits per heavy atom. The fraction of sp³-hybridized carbons (Fsp3) is 0.545. The average Bonchev–Trinajstić information content (AvgIpc) is 3.17. The van der Waals surface area contributed by atoms with Crippen LogP contribution >= 0.6 is 0 Å². The van der Waals surface area contributed by atoms with E-state index in [9.17, 15) is 4.79 Å². The summed E-state index contributed by atoms with van der Waals surface area (Å²) in [4.78, 5) is 24.4. The van der Waals surface area contributed by atoms with Gasteiger partial charge in [-0.3, -0.25) is 4.79 Å². The number of benzene rings is 1. The topological polar surface area (TPSA) is 61.5 Å².